The van der Waals surface area contributed by atoms with Gasteiger partial charge in [0.25, 0.3) is 5.91 Å². The van der Waals surface area contributed by atoms with Crippen LogP contribution in [0.3, 0.4) is 0 Å². The van der Waals surface area contributed by atoms with Crippen molar-refractivity contribution in [1.29, 1.82) is 0 Å². The van der Waals surface area contributed by atoms with E-state index in [1.54, 1.807) is 0 Å². The number of nitrogens with zero attached hydrogens (tertiary/aromatic N) is 1. The topological polar surface area (TPSA) is 114 Å². The zero-order valence-corrected chi connectivity index (χ0v) is 11.5. The molecule has 2 atom stereocenters. The van der Waals surface area contributed by atoms with Gasteiger partial charge in [0, 0.05) is 12.6 Å². The van der Waals surface area contributed by atoms with Crippen molar-refractivity contribution in [3.63, 3.8) is 0 Å². The van der Waals surface area contributed by atoms with Gasteiger partial charge in [0.15, 0.2) is 5.69 Å². The highest BCUT2D eigenvalue weighted by atomic mass is 16.6. The molecule has 20 heavy (non-hydrogen) atoms. The molecule has 1 aromatic rings. The fourth-order valence-electron chi connectivity index (χ4n) is 2.87. The first kappa shape index (κ1) is 14.5. The Hall–Kier alpha value is -1.89. The third-order valence-corrected chi connectivity index (χ3v) is 4.29. The molecular formula is C13H20N4O3. The van der Waals surface area contributed by atoms with Crippen molar-refractivity contribution < 1.29 is 9.72 Å². The summed E-state index contributed by atoms with van der Waals surface area (Å²) >= 11 is 0. The van der Waals surface area contributed by atoms with Crippen LogP contribution in [0.1, 0.15) is 43.1 Å². The molecule has 1 aliphatic rings. The number of hydrogen-bond donors (Lipinski definition) is 3. The van der Waals surface area contributed by atoms with E-state index in [0.717, 1.165) is 25.7 Å². The highest BCUT2D eigenvalue weighted by Crippen LogP contribution is 2.33. The molecule has 2 rings (SSSR count). The molecule has 0 aliphatic heterocycles. The highest BCUT2D eigenvalue weighted by molar-refractivity contribution is 5.93. The number of rotatable bonds is 4. The van der Waals surface area contributed by atoms with Gasteiger partial charge in [0.05, 0.1) is 5.54 Å². The Morgan fingerprint density at radius 3 is 2.90 bits per heavy atom. The lowest BCUT2D eigenvalue weighted by Gasteiger charge is -2.42. The van der Waals surface area contributed by atoms with Gasteiger partial charge in [-0.15, -0.1) is 0 Å². The smallest absolute Gasteiger partial charge is 0.321 e. The van der Waals surface area contributed by atoms with Crippen molar-refractivity contribution >= 4 is 11.7 Å². The van der Waals surface area contributed by atoms with Gasteiger partial charge < -0.3 is 21.2 Å². The number of carbonyl (C=O) groups excluding carboxylic acids is 1. The van der Waals surface area contributed by atoms with Crippen LogP contribution in [0.5, 0.6) is 0 Å². The van der Waals surface area contributed by atoms with E-state index in [-0.39, 0.29) is 17.4 Å². The minimum Gasteiger partial charge on any atom is -0.358 e. The number of nitrogens with one attached hydrogen (secondary N) is 2. The third-order valence-electron chi connectivity index (χ3n) is 4.29. The summed E-state index contributed by atoms with van der Waals surface area (Å²) in [6.07, 6.45) is 4.06. The van der Waals surface area contributed by atoms with Gasteiger partial charge >= 0.3 is 5.82 Å². The summed E-state index contributed by atoms with van der Waals surface area (Å²) in [4.78, 5) is 24.8. The fourth-order valence-corrected chi connectivity index (χ4v) is 2.87. The molecule has 1 aliphatic carbocycles. The Morgan fingerprint density at radius 2 is 2.35 bits per heavy atom. The van der Waals surface area contributed by atoms with Crippen LogP contribution in [0.4, 0.5) is 5.82 Å². The van der Waals surface area contributed by atoms with E-state index in [0.29, 0.717) is 12.5 Å². The van der Waals surface area contributed by atoms with Crippen LogP contribution in [0.2, 0.25) is 0 Å². The van der Waals surface area contributed by atoms with E-state index in [2.05, 4.69) is 17.2 Å². The molecule has 7 heteroatoms. The lowest BCUT2D eigenvalue weighted by Crippen LogP contribution is -2.59. The monoisotopic (exact) mass is 280 g/mol. The van der Waals surface area contributed by atoms with Crippen LogP contribution in [0.25, 0.3) is 0 Å². The molecular weight excluding hydrogens is 260 g/mol. The minimum absolute atomic E-state index is 0.186. The average molecular weight is 280 g/mol. The predicted molar refractivity (Wildman–Crippen MR) is 74.3 cm³/mol. The first-order valence-electron chi connectivity index (χ1n) is 6.84. The van der Waals surface area contributed by atoms with Crippen molar-refractivity contribution in [3.8, 4) is 0 Å². The molecule has 7 nitrogen and oxygen atoms in total. The van der Waals surface area contributed by atoms with Gasteiger partial charge in [-0.25, -0.2) is 4.98 Å². The molecule has 1 amide bonds. The number of carbonyl (C=O) groups is 1. The van der Waals surface area contributed by atoms with E-state index >= 15 is 0 Å². The maximum Gasteiger partial charge on any atom is 0.321 e. The summed E-state index contributed by atoms with van der Waals surface area (Å²) in [5.41, 5.74) is 5.66. The number of amides is 1. The lowest BCUT2D eigenvalue weighted by molar-refractivity contribution is -0.389. The molecule has 4 N–H and O–H groups in total. The molecule has 0 spiro atoms. The summed E-state index contributed by atoms with van der Waals surface area (Å²) in [6.45, 7) is 2.46. The number of aromatic amines is 1. The molecule has 1 fully saturated rings. The van der Waals surface area contributed by atoms with E-state index in [9.17, 15) is 14.9 Å². The van der Waals surface area contributed by atoms with E-state index in [1.165, 1.54) is 12.1 Å². The number of aromatic nitrogens is 1. The Morgan fingerprint density at radius 1 is 1.60 bits per heavy atom. The minimum atomic E-state index is -0.557. The van der Waals surface area contributed by atoms with Gasteiger partial charge in [-0.3, -0.25) is 4.79 Å². The first-order chi connectivity index (χ1) is 9.48. The maximum absolute atomic E-state index is 12.2. The van der Waals surface area contributed by atoms with Crippen molar-refractivity contribution in [2.24, 2.45) is 11.7 Å². The maximum atomic E-state index is 12.2. The van der Waals surface area contributed by atoms with Crippen LogP contribution >= 0.6 is 0 Å². The molecule has 1 aromatic heterocycles. The fraction of sp³-hybridized carbons (Fsp3) is 0.615. The van der Waals surface area contributed by atoms with Crippen LogP contribution in [0.15, 0.2) is 12.1 Å². The molecule has 1 heterocycles. The van der Waals surface area contributed by atoms with E-state index < -0.39 is 10.5 Å². The number of nitrogens with two attached hydrogens (primary N) is 1. The second-order valence-corrected chi connectivity index (χ2v) is 5.48. The van der Waals surface area contributed by atoms with Crippen molar-refractivity contribution in [1.82, 2.24) is 10.3 Å². The van der Waals surface area contributed by atoms with Crippen LogP contribution in [0, 0.1) is 16.0 Å². The number of H-pyrrole nitrogens is 1. The SMILES string of the molecule is CC1CCCCC1(CN)NC(=O)c1ccc([N+](=O)[O-])[nH]1. The molecule has 0 aromatic carbocycles. The van der Waals surface area contributed by atoms with E-state index in [4.69, 9.17) is 5.73 Å². The highest BCUT2D eigenvalue weighted by Gasteiger charge is 2.39. The molecule has 1 saturated carbocycles. The molecule has 0 saturated heterocycles. The van der Waals surface area contributed by atoms with Gasteiger partial charge in [-0.2, -0.15) is 0 Å². The second-order valence-electron chi connectivity index (χ2n) is 5.48. The summed E-state index contributed by atoms with van der Waals surface area (Å²) in [5.74, 6) is -0.221. The quantitative estimate of drug-likeness (QED) is 0.573. The number of hydrogen-bond acceptors (Lipinski definition) is 4. The standard InChI is InChI=1S/C13H20N4O3/c1-9-4-2-3-7-13(9,8-14)16-12(18)10-5-6-11(15-10)17(19)20/h5-6,9,15H,2-4,7-8,14H2,1H3,(H,16,18). The Bertz CT molecular complexity index is 513. The molecule has 110 valence electrons. The third kappa shape index (κ3) is 2.67. The molecule has 0 bridgehead atoms. The lowest BCUT2D eigenvalue weighted by atomic mass is 9.73. The van der Waals surface area contributed by atoms with Crippen LogP contribution < -0.4 is 11.1 Å². The van der Waals surface area contributed by atoms with Crippen molar-refractivity contribution in [2.75, 3.05) is 6.54 Å². The van der Waals surface area contributed by atoms with Crippen molar-refractivity contribution in [3.05, 3.63) is 27.9 Å². The number of nitro groups is 1. The summed E-state index contributed by atoms with van der Waals surface area (Å²) in [5, 5.41) is 13.6. The summed E-state index contributed by atoms with van der Waals surface area (Å²) in [7, 11) is 0. The average Bonchev–Trinajstić information content (AvgIpc) is 2.91. The van der Waals surface area contributed by atoms with E-state index in [1.807, 2.05) is 0 Å². The van der Waals surface area contributed by atoms with Crippen LogP contribution in [-0.4, -0.2) is 27.9 Å². The Kier molecular flexibility index (Phi) is 4.08. The second kappa shape index (κ2) is 5.62. The Balaban J connectivity index is 2.14. The normalized spacial score (nSPS) is 26.2. The Labute approximate surface area is 117 Å². The van der Waals surface area contributed by atoms with Gasteiger partial charge in [-0.05, 0) is 29.7 Å². The predicted octanol–water partition coefficient (Wildman–Crippen LogP) is 1.56. The molecule has 0 radical (unpaired) electrons. The summed E-state index contributed by atoms with van der Waals surface area (Å²) < 4.78 is 0. The largest absolute Gasteiger partial charge is 0.358 e. The van der Waals surface area contributed by atoms with Crippen molar-refractivity contribution in [2.45, 2.75) is 38.1 Å². The summed E-state index contributed by atoms with van der Waals surface area (Å²) in [6, 6.07) is 2.71. The zero-order chi connectivity index (χ0) is 14.8. The van der Waals surface area contributed by atoms with Gasteiger partial charge in [0.2, 0.25) is 0 Å². The zero-order valence-electron chi connectivity index (χ0n) is 11.5. The van der Waals surface area contributed by atoms with Gasteiger partial charge in [0.1, 0.15) is 0 Å². The van der Waals surface area contributed by atoms with Crippen LogP contribution in [-0.2, 0) is 0 Å². The van der Waals surface area contributed by atoms with Gasteiger partial charge in [-0.1, -0.05) is 19.8 Å². The first-order valence-corrected chi connectivity index (χ1v) is 6.84. The molecule has 2 unspecified atom stereocenters.